The van der Waals surface area contributed by atoms with Crippen LogP contribution in [-0.2, 0) is 13.1 Å². The van der Waals surface area contributed by atoms with Gasteiger partial charge >= 0.3 is 0 Å². The molecule has 0 saturated heterocycles. The van der Waals surface area contributed by atoms with Crippen LogP contribution in [0.15, 0.2) is 0 Å². The normalized spacial score (nSPS) is 12.9. The predicted octanol–water partition coefficient (Wildman–Crippen LogP) is 1.17. The third-order valence-electron chi connectivity index (χ3n) is 2.25. The first-order valence-electron chi connectivity index (χ1n) is 5.72. The van der Waals surface area contributed by atoms with Crippen molar-refractivity contribution in [2.24, 2.45) is 5.92 Å². The van der Waals surface area contributed by atoms with Gasteiger partial charge in [0, 0.05) is 6.54 Å². The molecule has 0 aromatic carbocycles. The van der Waals surface area contributed by atoms with Crippen molar-refractivity contribution in [3.63, 3.8) is 0 Å². The summed E-state index contributed by atoms with van der Waals surface area (Å²) in [7, 11) is 0. The van der Waals surface area contributed by atoms with Crippen LogP contribution in [0.1, 0.15) is 26.1 Å². The third kappa shape index (κ3) is 4.49. The van der Waals surface area contributed by atoms with Crippen LogP contribution in [0.2, 0.25) is 0 Å². The second-order valence-corrected chi connectivity index (χ2v) is 4.93. The molecule has 0 radical (unpaired) electrons. The van der Waals surface area contributed by atoms with Crippen LogP contribution in [0, 0.1) is 5.92 Å². The van der Waals surface area contributed by atoms with Crippen LogP contribution in [0.4, 0.5) is 0 Å². The van der Waals surface area contributed by atoms with E-state index in [0.717, 1.165) is 37.6 Å². The zero-order valence-electron chi connectivity index (χ0n) is 10.3. The monoisotopic (exact) mass is 243 g/mol. The minimum atomic E-state index is 0.600. The molecule has 0 spiro atoms. The maximum Gasteiger partial charge on any atom is 0.165 e. The molecule has 1 rings (SSSR count). The highest BCUT2D eigenvalue weighted by molar-refractivity contribution is 7.98. The largest absolute Gasteiger partial charge is 0.310 e. The Balaban J connectivity index is 2.43. The number of tetrazole rings is 1. The van der Waals surface area contributed by atoms with E-state index in [1.165, 1.54) is 0 Å². The Morgan fingerprint density at radius 2 is 2.31 bits per heavy atom. The number of nitrogens with zero attached hydrogens (tertiary/aromatic N) is 4. The standard InChI is InChI=1S/C10H21N5S/c1-4-5-11-6-10-12-13-14-15(10)7-9(2)8-16-3/h9,11H,4-8H2,1-3H3. The lowest BCUT2D eigenvalue weighted by atomic mass is 10.2. The lowest BCUT2D eigenvalue weighted by Crippen LogP contribution is -2.20. The first-order chi connectivity index (χ1) is 7.77. The summed E-state index contributed by atoms with van der Waals surface area (Å²) in [6, 6.07) is 0. The molecule has 1 heterocycles. The summed E-state index contributed by atoms with van der Waals surface area (Å²) in [4.78, 5) is 0. The highest BCUT2D eigenvalue weighted by Gasteiger charge is 2.09. The van der Waals surface area contributed by atoms with Crippen molar-refractivity contribution in [2.75, 3.05) is 18.6 Å². The highest BCUT2D eigenvalue weighted by Crippen LogP contribution is 2.07. The van der Waals surface area contributed by atoms with E-state index < -0.39 is 0 Å². The molecule has 16 heavy (non-hydrogen) atoms. The van der Waals surface area contributed by atoms with Crippen molar-refractivity contribution in [2.45, 2.75) is 33.4 Å². The van der Waals surface area contributed by atoms with Crippen molar-refractivity contribution in [3.8, 4) is 0 Å². The van der Waals surface area contributed by atoms with Gasteiger partial charge in [-0.05, 0) is 41.3 Å². The molecule has 0 aliphatic heterocycles. The van der Waals surface area contributed by atoms with Gasteiger partial charge in [-0.1, -0.05) is 13.8 Å². The molecule has 0 saturated carbocycles. The number of thioether (sulfide) groups is 1. The second kappa shape index (κ2) is 7.62. The summed E-state index contributed by atoms with van der Waals surface area (Å²) >= 11 is 1.86. The summed E-state index contributed by atoms with van der Waals surface area (Å²) in [6.45, 7) is 7.04. The Labute approximate surface area is 101 Å². The van der Waals surface area contributed by atoms with Crippen molar-refractivity contribution < 1.29 is 0 Å². The smallest absolute Gasteiger partial charge is 0.165 e. The molecular formula is C10H21N5S. The summed E-state index contributed by atoms with van der Waals surface area (Å²) in [5.41, 5.74) is 0. The van der Waals surface area contributed by atoms with Gasteiger partial charge in [0.1, 0.15) is 0 Å². The van der Waals surface area contributed by atoms with Crippen LogP contribution >= 0.6 is 11.8 Å². The Hall–Kier alpha value is -0.620. The average Bonchev–Trinajstić information content (AvgIpc) is 2.66. The summed E-state index contributed by atoms with van der Waals surface area (Å²) < 4.78 is 1.91. The van der Waals surface area contributed by atoms with Crippen molar-refractivity contribution in [1.29, 1.82) is 0 Å². The highest BCUT2D eigenvalue weighted by atomic mass is 32.2. The fourth-order valence-electron chi connectivity index (χ4n) is 1.50. The summed E-state index contributed by atoms with van der Waals surface area (Å²) in [6.07, 6.45) is 3.25. The van der Waals surface area contributed by atoms with Crippen LogP contribution in [0.25, 0.3) is 0 Å². The number of hydrogen-bond donors (Lipinski definition) is 1. The first-order valence-corrected chi connectivity index (χ1v) is 7.12. The van der Waals surface area contributed by atoms with Gasteiger partial charge in [0.05, 0.1) is 6.54 Å². The van der Waals surface area contributed by atoms with Crippen LogP contribution in [0.3, 0.4) is 0 Å². The Morgan fingerprint density at radius 1 is 1.50 bits per heavy atom. The van der Waals surface area contributed by atoms with E-state index in [0.29, 0.717) is 5.92 Å². The molecular weight excluding hydrogens is 222 g/mol. The average molecular weight is 243 g/mol. The van der Waals surface area contributed by atoms with E-state index in [2.05, 4.69) is 40.9 Å². The fourth-order valence-corrected chi connectivity index (χ4v) is 2.18. The number of nitrogens with one attached hydrogen (secondary N) is 1. The molecule has 5 nitrogen and oxygen atoms in total. The van der Waals surface area contributed by atoms with Gasteiger partial charge in [0.15, 0.2) is 5.82 Å². The Kier molecular flexibility index (Phi) is 6.40. The predicted molar refractivity (Wildman–Crippen MR) is 67.4 cm³/mol. The van der Waals surface area contributed by atoms with E-state index in [9.17, 15) is 0 Å². The minimum Gasteiger partial charge on any atom is -0.310 e. The van der Waals surface area contributed by atoms with Gasteiger partial charge < -0.3 is 5.32 Å². The van der Waals surface area contributed by atoms with Gasteiger partial charge in [-0.2, -0.15) is 11.8 Å². The number of aromatic nitrogens is 4. The van der Waals surface area contributed by atoms with Crippen LogP contribution in [0.5, 0.6) is 0 Å². The fraction of sp³-hybridized carbons (Fsp3) is 0.900. The molecule has 1 unspecified atom stereocenters. The molecule has 6 heteroatoms. The minimum absolute atomic E-state index is 0.600. The van der Waals surface area contributed by atoms with Crippen molar-refractivity contribution >= 4 is 11.8 Å². The van der Waals surface area contributed by atoms with E-state index in [1.54, 1.807) is 0 Å². The van der Waals surface area contributed by atoms with Crippen molar-refractivity contribution in [1.82, 2.24) is 25.5 Å². The maximum atomic E-state index is 4.03. The van der Waals surface area contributed by atoms with Gasteiger partial charge in [0.25, 0.3) is 0 Å². The molecule has 0 bridgehead atoms. The molecule has 92 valence electrons. The van der Waals surface area contributed by atoms with E-state index >= 15 is 0 Å². The number of rotatable bonds is 8. The molecule has 0 fully saturated rings. The molecule has 0 aliphatic carbocycles. The van der Waals surface area contributed by atoms with Crippen LogP contribution in [-0.4, -0.2) is 38.8 Å². The van der Waals surface area contributed by atoms with E-state index in [-0.39, 0.29) is 0 Å². The van der Waals surface area contributed by atoms with Crippen LogP contribution < -0.4 is 5.32 Å². The lowest BCUT2D eigenvalue weighted by Gasteiger charge is -2.10. The van der Waals surface area contributed by atoms with Crippen molar-refractivity contribution in [3.05, 3.63) is 5.82 Å². The second-order valence-electron chi connectivity index (χ2n) is 4.01. The van der Waals surface area contributed by atoms with E-state index in [1.807, 2.05) is 16.4 Å². The zero-order valence-corrected chi connectivity index (χ0v) is 11.1. The Bertz CT molecular complexity index is 288. The molecule has 1 aromatic rings. The summed E-state index contributed by atoms with van der Waals surface area (Å²) in [5, 5.41) is 15.1. The quantitative estimate of drug-likeness (QED) is 0.695. The molecule has 1 N–H and O–H groups in total. The molecule has 1 aromatic heterocycles. The van der Waals surface area contributed by atoms with E-state index in [4.69, 9.17) is 0 Å². The van der Waals surface area contributed by atoms with Gasteiger partial charge in [0.2, 0.25) is 0 Å². The Morgan fingerprint density at radius 3 is 3.00 bits per heavy atom. The molecule has 1 atom stereocenters. The summed E-state index contributed by atoms with van der Waals surface area (Å²) in [5.74, 6) is 2.67. The topological polar surface area (TPSA) is 55.6 Å². The van der Waals surface area contributed by atoms with Gasteiger partial charge in [-0.25, -0.2) is 4.68 Å². The first kappa shape index (κ1) is 13.4. The SMILES string of the molecule is CCCNCc1nnnn1CC(C)CSC. The van der Waals surface area contributed by atoms with Gasteiger partial charge in [-0.15, -0.1) is 5.10 Å². The zero-order chi connectivity index (χ0) is 11.8. The van der Waals surface area contributed by atoms with Gasteiger partial charge in [-0.3, -0.25) is 0 Å². The number of hydrogen-bond acceptors (Lipinski definition) is 5. The lowest BCUT2D eigenvalue weighted by molar-refractivity contribution is 0.456. The maximum absolute atomic E-state index is 4.03. The molecule has 0 aliphatic rings. The third-order valence-corrected chi connectivity index (χ3v) is 3.15. The molecule has 0 amide bonds.